The van der Waals surface area contributed by atoms with E-state index in [1.165, 1.54) is 31.6 Å². The fourth-order valence-corrected chi connectivity index (χ4v) is 3.61. The van der Waals surface area contributed by atoms with E-state index in [1.54, 1.807) is 6.92 Å². The highest BCUT2D eigenvalue weighted by Gasteiger charge is 2.22. The lowest BCUT2D eigenvalue weighted by Gasteiger charge is -2.37. The van der Waals surface area contributed by atoms with Gasteiger partial charge in [0, 0.05) is 36.3 Å². The quantitative estimate of drug-likeness (QED) is 0.909. The van der Waals surface area contributed by atoms with Gasteiger partial charge in [-0.3, -0.25) is 0 Å². The molecule has 0 unspecified atom stereocenters. The van der Waals surface area contributed by atoms with Gasteiger partial charge in [-0.25, -0.2) is 0 Å². The molecule has 0 aromatic heterocycles. The van der Waals surface area contributed by atoms with E-state index in [0.29, 0.717) is 6.04 Å². The first-order valence-electron chi connectivity index (χ1n) is 7.45. The van der Waals surface area contributed by atoms with Gasteiger partial charge in [-0.15, -0.1) is 0 Å². The molecule has 3 nitrogen and oxygen atoms in total. The number of aliphatic hydroxyl groups is 1. The van der Waals surface area contributed by atoms with E-state index in [0.717, 1.165) is 16.6 Å². The number of aliphatic hydroxyl groups excluding tert-OH is 1. The predicted molar refractivity (Wildman–Crippen MR) is 88.3 cm³/mol. The summed E-state index contributed by atoms with van der Waals surface area (Å²) in [6, 6.07) is 6.86. The van der Waals surface area contributed by atoms with Gasteiger partial charge < -0.3 is 14.9 Å². The van der Waals surface area contributed by atoms with Crippen molar-refractivity contribution in [2.75, 3.05) is 31.6 Å². The number of hydrogen-bond acceptors (Lipinski definition) is 3. The maximum absolute atomic E-state index is 9.69. The number of rotatable bonds is 4. The topological polar surface area (TPSA) is 26.7 Å². The van der Waals surface area contributed by atoms with Crippen LogP contribution in [0.2, 0.25) is 0 Å². The monoisotopic (exact) mass is 340 g/mol. The van der Waals surface area contributed by atoms with Crippen LogP contribution in [0.4, 0.5) is 5.69 Å². The second-order valence-corrected chi connectivity index (χ2v) is 6.51. The van der Waals surface area contributed by atoms with Crippen LogP contribution in [0.25, 0.3) is 0 Å². The molecule has 0 amide bonds. The van der Waals surface area contributed by atoms with E-state index in [4.69, 9.17) is 0 Å². The Kier molecular flexibility index (Phi) is 5.47. The van der Waals surface area contributed by atoms with E-state index in [9.17, 15) is 5.11 Å². The summed E-state index contributed by atoms with van der Waals surface area (Å²) >= 11 is 3.57. The molecule has 1 heterocycles. The standard InChI is InChI=1S/C16H25BrN2O/c1-4-19-9-7-13(8-10-19)18(3)14-5-6-15(12(2)20)16(17)11-14/h5-6,11-13,20H,4,7-10H2,1-3H3/t12-/m1/s1. The number of halogens is 1. The van der Waals surface area contributed by atoms with Gasteiger partial charge in [0.05, 0.1) is 6.10 Å². The molecule has 1 N–H and O–H groups in total. The molecule has 1 fully saturated rings. The average molecular weight is 341 g/mol. The molecule has 1 aromatic carbocycles. The minimum absolute atomic E-state index is 0.434. The molecule has 1 atom stereocenters. The first-order chi connectivity index (χ1) is 9.52. The zero-order valence-corrected chi connectivity index (χ0v) is 14.2. The number of nitrogens with zero attached hydrogens (tertiary/aromatic N) is 2. The molecule has 1 aromatic rings. The Morgan fingerprint density at radius 3 is 2.55 bits per heavy atom. The molecule has 1 saturated heterocycles. The van der Waals surface area contributed by atoms with Gasteiger partial charge in [0.25, 0.3) is 0 Å². The summed E-state index contributed by atoms with van der Waals surface area (Å²) in [5.41, 5.74) is 2.17. The Morgan fingerprint density at radius 2 is 2.05 bits per heavy atom. The van der Waals surface area contributed by atoms with E-state index in [-0.39, 0.29) is 0 Å². The average Bonchev–Trinajstić information content (AvgIpc) is 2.46. The van der Waals surface area contributed by atoms with Crippen LogP contribution in [0.5, 0.6) is 0 Å². The third-order valence-corrected chi connectivity index (χ3v) is 5.08. The highest BCUT2D eigenvalue weighted by atomic mass is 79.9. The fourth-order valence-electron chi connectivity index (χ4n) is 2.91. The summed E-state index contributed by atoms with van der Waals surface area (Å²) in [6.07, 6.45) is 2.01. The minimum atomic E-state index is -0.434. The maximum atomic E-state index is 9.69. The fraction of sp³-hybridized carbons (Fsp3) is 0.625. The summed E-state index contributed by atoms with van der Waals surface area (Å²) in [5.74, 6) is 0. The molecule has 0 bridgehead atoms. The molecule has 20 heavy (non-hydrogen) atoms. The smallest absolute Gasteiger partial charge is 0.0772 e. The van der Waals surface area contributed by atoms with Crippen molar-refractivity contribution in [3.63, 3.8) is 0 Å². The van der Waals surface area contributed by atoms with Crippen molar-refractivity contribution < 1.29 is 5.11 Å². The molecule has 4 heteroatoms. The van der Waals surface area contributed by atoms with Gasteiger partial charge in [0.15, 0.2) is 0 Å². The Labute approximate surface area is 130 Å². The molecular weight excluding hydrogens is 316 g/mol. The lowest BCUT2D eigenvalue weighted by atomic mass is 10.0. The number of piperidine rings is 1. The lowest BCUT2D eigenvalue weighted by Crippen LogP contribution is -2.43. The highest BCUT2D eigenvalue weighted by molar-refractivity contribution is 9.10. The first-order valence-corrected chi connectivity index (χ1v) is 8.25. The maximum Gasteiger partial charge on any atom is 0.0772 e. The Bertz CT molecular complexity index is 442. The third-order valence-electron chi connectivity index (χ3n) is 4.39. The van der Waals surface area contributed by atoms with Gasteiger partial charge in [-0.1, -0.05) is 28.9 Å². The van der Waals surface area contributed by atoms with Crippen LogP contribution < -0.4 is 4.90 Å². The van der Waals surface area contributed by atoms with Crippen molar-refractivity contribution in [1.82, 2.24) is 4.90 Å². The first kappa shape index (κ1) is 15.8. The van der Waals surface area contributed by atoms with Gasteiger partial charge in [0.1, 0.15) is 0 Å². The minimum Gasteiger partial charge on any atom is -0.389 e. The third kappa shape index (κ3) is 3.54. The van der Waals surface area contributed by atoms with Gasteiger partial charge in [-0.2, -0.15) is 0 Å². The molecule has 112 valence electrons. The zero-order chi connectivity index (χ0) is 14.7. The number of anilines is 1. The van der Waals surface area contributed by atoms with Crippen molar-refractivity contribution in [1.29, 1.82) is 0 Å². The van der Waals surface area contributed by atoms with Crippen molar-refractivity contribution in [2.24, 2.45) is 0 Å². The SMILES string of the molecule is CCN1CCC(N(C)c2ccc([C@@H](C)O)c(Br)c2)CC1. The van der Waals surface area contributed by atoms with Gasteiger partial charge in [-0.05, 0) is 44.0 Å². The van der Waals surface area contributed by atoms with Crippen LogP contribution in [-0.4, -0.2) is 42.7 Å². The van der Waals surface area contributed by atoms with Crippen molar-refractivity contribution in [3.8, 4) is 0 Å². The predicted octanol–water partition coefficient (Wildman–Crippen LogP) is 3.42. The van der Waals surface area contributed by atoms with Gasteiger partial charge >= 0.3 is 0 Å². The van der Waals surface area contributed by atoms with Crippen LogP contribution in [0.3, 0.4) is 0 Å². The van der Waals surface area contributed by atoms with Crippen LogP contribution in [0, 0.1) is 0 Å². The Hall–Kier alpha value is -0.580. The molecule has 0 saturated carbocycles. The highest BCUT2D eigenvalue weighted by Crippen LogP contribution is 2.30. The summed E-state index contributed by atoms with van der Waals surface area (Å²) in [6.45, 7) is 7.57. The summed E-state index contributed by atoms with van der Waals surface area (Å²) in [7, 11) is 2.18. The van der Waals surface area contributed by atoms with Gasteiger partial charge in [0.2, 0.25) is 0 Å². The Balaban J connectivity index is 2.06. The largest absolute Gasteiger partial charge is 0.389 e. The lowest BCUT2D eigenvalue weighted by molar-refractivity contribution is 0.198. The van der Waals surface area contributed by atoms with E-state index in [2.05, 4.69) is 51.8 Å². The molecule has 0 spiro atoms. The molecule has 1 aliphatic rings. The molecule has 2 rings (SSSR count). The van der Waals surface area contributed by atoms with E-state index in [1.807, 2.05) is 6.07 Å². The van der Waals surface area contributed by atoms with Crippen molar-refractivity contribution >= 4 is 21.6 Å². The molecule has 0 aliphatic carbocycles. The van der Waals surface area contributed by atoms with Crippen LogP contribution >= 0.6 is 15.9 Å². The number of benzene rings is 1. The van der Waals surface area contributed by atoms with Crippen LogP contribution in [0.1, 0.15) is 38.4 Å². The van der Waals surface area contributed by atoms with Crippen LogP contribution in [0.15, 0.2) is 22.7 Å². The zero-order valence-electron chi connectivity index (χ0n) is 12.6. The van der Waals surface area contributed by atoms with E-state index < -0.39 is 6.10 Å². The normalized spacial score (nSPS) is 19.1. The number of hydrogen-bond donors (Lipinski definition) is 1. The van der Waals surface area contributed by atoms with E-state index >= 15 is 0 Å². The summed E-state index contributed by atoms with van der Waals surface area (Å²) in [4.78, 5) is 4.89. The number of likely N-dealkylation sites (tertiary alicyclic amines) is 1. The summed E-state index contributed by atoms with van der Waals surface area (Å²) in [5, 5.41) is 9.69. The molecule has 1 aliphatic heterocycles. The van der Waals surface area contributed by atoms with Crippen LogP contribution in [-0.2, 0) is 0 Å². The Morgan fingerprint density at radius 1 is 1.40 bits per heavy atom. The second kappa shape index (κ2) is 6.92. The molecular formula is C16H25BrN2O. The van der Waals surface area contributed by atoms with Crippen molar-refractivity contribution in [3.05, 3.63) is 28.2 Å². The van der Waals surface area contributed by atoms with Crippen molar-refractivity contribution in [2.45, 2.75) is 38.8 Å². The summed E-state index contributed by atoms with van der Waals surface area (Å²) < 4.78 is 0.989. The second-order valence-electron chi connectivity index (χ2n) is 5.66. The molecule has 0 radical (unpaired) electrons.